The molecule has 2 aliphatic rings. The van der Waals surface area contributed by atoms with Crippen molar-refractivity contribution in [3.8, 4) is 28.5 Å². The van der Waals surface area contributed by atoms with Crippen LogP contribution in [0.3, 0.4) is 0 Å². The molecule has 7 rings (SSSR count). The number of anilines is 1. The number of aromatic nitrogens is 3. The second kappa shape index (κ2) is 13.0. The molecule has 4 heterocycles. The number of pyridine rings is 1. The lowest BCUT2D eigenvalue weighted by Crippen LogP contribution is -2.57. The Morgan fingerprint density at radius 1 is 0.962 bits per heavy atom. The van der Waals surface area contributed by atoms with Crippen molar-refractivity contribution in [2.45, 2.75) is 63.0 Å². The van der Waals surface area contributed by atoms with Gasteiger partial charge in [-0.25, -0.2) is 23.2 Å². The number of hydrogen-bond acceptors (Lipinski definition) is 11. The first-order valence-electron chi connectivity index (χ1n) is 17.0. The van der Waals surface area contributed by atoms with Crippen molar-refractivity contribution in [1.29, 1.82) is 0 Å². The van der Waals surface area contributed by atoms with Gasteiger partial charge in [-0.05, 0) is 74.7 Å². The van der Waals surface area contributed by atoms with Crippen LogP contribution in [-0.2, 0) is 21.1 Å². The van der Waals surface area contributed by atoms with Crippen LogP contribution in [0.25, 0.3) is 32.9 Å². The van der Waals surface area contributed by atoms with Crippen molar-refractivity contribution >= 4 is 43.4 Å². The van der Waals surface area contributed by atoms with Crippen LogP contribution in [0.4, 0.5) is 10.6 Å². The summed E-state index contributed by atoms with van der Waals surface area (Å²) < 4.78 is 44.5. The van der Waals surface area contributed by atoms with E-state index in [0.29, 0.717) is 41.4 Å². The zero-order chi connectivity index (χ0) is 37.1. The molecule has 1 N–H and O–H groups in total. The van der Waals surface area contributed by atoms with Crippen LogP contribution in [0.2, 0.25) is 0 Å². The van der Waals surface area contributed by atoms with E-state index in [-0.39, 0.29) is 41.1 Å². The molecular weight excluding hydrogens is 687 g/mol. The van der Waals surface area contributed by atoms with Gasteiger partial charge in [0.15, 0.2) is 0 Å². The Bertz CT molecular complexity index is 2390. The van der Waals surface area contributed by atoms with Gasteiger partial charge in [-0.1, -0.05) is 24.3 Å². The summed E-state index contributed by atoms with van der Waals surface area (Å²) in [7, 11) is -0.837. The predicted octanol–water partition coefficient (Wildman–Crippen LogP) is 5.37. The van der Waals surface area contributed by atoms with E-state index in [1.165, 1.54) is 7.11 Å². The Hall–Kier alpha value is -5.37. The molecule has 1 amide bonds. The van der Waals surface area contributed by atoms with Crippen LogP contribution < -0.4 is 19.9 Å². The first-order chi connectivity index (χ1) is 24.6. The van der Waals surface area contributed by atoms with Crippen molar-refractivity contribution in [1.82, 2.24) is 19.4 Å². The van der Waals surface area contributed by atoms with Crippen molar-refractivity contribution in [3.63, 3.8) is 0 Å². The lowest BCUT2D eigenvalue weighted by molar-refractivity contribution is 0.0123. The molecular formula is C38H41N5O8S. The molecule has 13 nitrogen and oxygen atoms in total. The number of ether oxygens (including phenoxy) is 3. The van der Waals surface area contributed by atoms with E-state index in [2.05, 4.69) is 9.97 Å². The van der Waals surface area contributed by atoms with Crippen LogP contribution in [0.15, 0.2) is 70.6 Å². The number of sulfone groups is 1. The van der Waals surface area contributed by atoms with Gasteiger partial charge in [0.1, 0.15) is 34.1 Å². The summed E-state index contributed by atoms with van der Waals surface area (Å²) in [6.07, 6.45) is 2.07. The summed E-state index contributed by atoms with van der Waals surface area (Å²) in [5.74, 6) is 1.25. The van der Waals surface area contributed by atoms with Gasteiger partial charge in [-0.3, -0.25) is 9.69 Å². The number of rotatable bonds is 7. The minimum absolute atomic E-state index is 0.00615. The van der Waals surface area contributed by atoms with Gasteiger partial charge >= 0.3 is 6.09 Å². The molecule has 5 aromatic rings. The van der Waals surface area contributed by atoms with Crippen LogP contribution in [0.1, 0.15) is 39.2 Å². The van der Waals surface area contributed by atoms with E-state index >= 15 is 4.79 Å². The van der Waals surface area contributed by atoms with Gasteiger partial charge in [0, 0.05) is 36.5 Å². The van der Waals surface area contributed by atoms with Crippen LogP contribution in [-0.4, -0.2) is 90.3 Å². The van der Waals surface area contributed by atoms with E-state index in [1.54, 1.807) is 46.9 Å². The number of amides is 1. The number of carbonyl (C=O) groups is 1. The van der Waals surface area contributed by atoms with E-state index in [0.717, 1.165) is 29.9 Å². The molecule has 2 atom stereocenters. The fraction of sp³-hybridized carbons (Fsp3) is 0.368. The van der Waals surface area contributed by atoms with E-state index in [4.69, 9.17) is 14.2 Å². The number of phenolic OH excluding ortho intramolecular Hbond substituents is 1. The third-order valence-electron chi connectivity index (χ3n) is 9.58. The van der Waals surface area contributed by atoms with Crippen molar-refractivity contribution in [3.05, 3.63) is 76.6 Å². The highest BCUT2D eigenvalue weighted by Crippen LogP contribution is 2.38. The number of carbonyl (C=O) groups excluding carboxylic acids is 1. The van der Waals surface area contributed by atoms with Gasteiger partial charge in [-0.2, -0.15) is 0 Å². The molecule has 0 radical (unpaired) electrons. The summed E-state index contributed by atoms with van der Waals surface area (Å²) in [4.78, 5) is 41.0. The summed E-state index contributed by atoms with van der Waals surface area (Å²) in [6.45, 7) is 6.15. The number of nitrogens with zero attached hydrogens (tertiary/aromatic N) is 5. The van der Waals surface area contributed by atoms with Crippen molar-refractivity contribution < 1.29 is 32.5 Å². The Balaban J connectivity index is 1.46. The molecule has 52 heavy (non-hydrogen) atoms. The smallest absolute Gasteiger partial charge is 0.410 e. The zero-order valence-electron chi connectivity index (χ0n) is 29.9. The summed E-state index contributed by atoms with van der Waals surface area (Å²) in [6, 6.07) is 17.2. The molecule has 2 bridgehead atoms. The Morgan fingerprint density at radius 3 is 2.33 bits per heavy atom. The molecule has 14 heteroatoms. The predicted molar refractivity (Wildman–Crippen MR) is 197 cm³/mol. The summed E-state index contributed by atoms with van der Waals surface area (Å²) >= 11 is 0. The fourth-order valence-electron chi connectivity index (χ4n) is 7.33. The first kappa shape index (κ1) is 35.1. The average molecular weight is 728 g/mol. The number of aromatic hydroxyl groups is 1. The lowest BCUT2D eigenvalue weighted by Gasteiger charge is -2.42. The molecule has 0 saturated carbocycles. The molecule has 2 aromatic heterocycles. The van der Waals surface area contributed by atoms with Gasteiger partial charge in [0.2, 0.25) is 15.0 Å². The Morgan fingerprint density at radius 2 is 1.67 bits per heavy atom. The quantitative estimate of drug-likeness (QED) is 0.215. The van der Waals surface area contributed by atoms with E-state index in [1.807, 2.05) is 56.0 Å². The van der Waals surface area contributed by atoms with Gasteiger partial charge in [0.05, 0.1) is 44.1 Å². The van der Waals surface area contributed by atoms with E-state index < -0.39 is 32.2 Å². The SMILES string of the molecule is COc1ccc(Cn2c(-c3cc(O)cc4ccccc34)cc3nc(S(C)(=O)=O)nc(N4CC5CCC(C4)N5C(=O)OC(C)(C)C)c3c2=O)c(OC)c1. The van der Waals surface area contributed by atoms with E-state index in [9.17, 15) is 18.3 Å². The van der Waals surface area contributed by atoms with Crippen molar-refractivity contribution in [2.24, 2.45) is 0 Å². The lowest BCUT2D eigenvalue weighted by atomic mass is 9.99. The average Bonchev–Trinajstić information content (AvgIpc) is 3.36. The number of piperazine rings is 1. The monoisotopic (exact) mass is 727 g/mol. The topological polar surface area (TPSA) is 153 Å². The highest BCUT2D eigenvalue weighted by Gasteiger charge is 2.45. The minimum Gasteiger partial charge on any atom is -0.508 e. The number of benzene rings is 3. The van der Waals surface area contributed by atoms with Crippen molar-refractivity contribution in [2.75, 3.05) is 38.5 Å². The third kappa shape index (κ3) is 6.47. The maximum atomic E-state index is 15.1. The Kier molecular flexibility index (Phi) is 8.76. The number of methoxy groups -OCH3 is 2. The zero-order valence-corrected chi connectivity index (χ0v) is 30.7. The van der Waals surface area contributed by atoms with Crippen LogP contribution >= 0.6 is 0 Å². The fourth-order valence-corrected chi connectivity index (χ4v) is 7.85. The largest absolute Gasteiger partial charge is 0.508 e. The highest BCUT2D eigenvalue weighted by atomic mass is 32.2. The molecule has 0 aliphatic carbocycles. The second-order valence-electron chi connectivity index (χ2n) is 14.4. The molecule has 2 unspecified atom stereocenters. The number of hydrogen-bond donors (Lipinski definition) is 1. The summed E-state index contributed by atoms with van der Waals surface area (Å²) in [5.41, 5.74) is 0.632. The standard InChI is InChI=1S/C38H41N5O8S/c1-38(2,3)51-37(46)43-24-12-13-25(43)21-41(20-24)34-33-30(39-36(40-34)52(6,47)48)18-31(29-16-26(44)15-22-9-7-8-10-28(22)29)42(35(33)45)19-23-11-14-27(49-4)17-32(23)50-5/h7-11,14-18,24-25,44H,12-13,19-21H2,1-6H3. The Labute approximate surface area is 301 Å². The van der Waals surface area contributed by atoms with Gasteiger partial charge in [-0.15, -0.1) is 0 Å². The molecule has 2 aliphatic heterocycles. The maximum Gasteiger partial charge on any atom is 0.410 e. The first-order valence-corrected chi connectivity index (χ1v) is 18.9. The number of phenols is 1. The maximum absolute atomic E-state index is 15.1. The normalized spacial score (nSPS) is 17.5. The minimum atomic E-state index is -3.93. The van der Waals surface area contributed by atoms with Crippen LogP contribution in [0.5, 0.6) is 17.2 Å². The van der Waals surface area contributed by atoms with Gasteiger partial charge in [0.25, 0.3) is 5.56 Å². The summed E-state index contributed by atoms with van der Waals surface area (Å²) in [5, 5.41) is 12.1. The van der Waals surface area contributed by atoms with Crippen LogP contribution in [0, 0.1) is 0 Å². The second-order valence-corrected chi connectivity index (χ2v) is 16.3. The molecule has 2 saturated heterocycles. The molecule has 3 aromatic carbocycles. The molecule has 272 valence electrons. The number of fused-ring (bicyclic) bond motifs is 4. The third-order valence-corrected chi connectivity index (χ3v) is 10.4. The molecule has 0 spiro atoms. The molecule has 2 fully saturated rings. The van der Waals surface area contributed by atoms with Gasteiger partial charge < -0.3 is 28.8 Å². The highest BCUT2D eigenvalue weighted by molar-refractivity contribution is 7.90.